The van der Waals surface area contributed by atoms with Gasteiger partial charge < -0.3 is 10.5 Å². The summed E-state index contributed by atoms with van der Waals surface area (Å²) in [6.07, 6.45) is 0. The van der Waals surface area contributed by atoms with Crippen molar-refractivity contribution in [2.75, 3.05) is 19.5 Å². The van der Waals surface area contributed by atoms with Gasteiger partial charge in [-0.3, -0.25) is 0 Å². The lowest BCUT2D eigenvalue weighted by Gasteiger charge is -2.10. The summed E-state index contributed by atoms with van der Waals surface area (Å²) in [6.45, 7) is 2.78. The lowest BCUT2D eigenvalue weighted by Crippen LogP contribution is -2.28. The Hall–Kier alpha value is -0.510. The van der Waals surface area contributed by atoms with Gasteiger partial charge >= 0.3 is 0 Å². The molecule has 0 fully saturated rings. The second kappa shape index (κ2) is 6.88. The van der Waals surface area contributed by atoms with Gasteiger partial charge in [0.25, 0.3) is 0 Å². The van der Waals surface area contributed by atoms with E-state index in [-0.39, 0.29) is 6.04 Å². The summed E-state index contributed by atoms with van der Waals surface area (Å²) in [4.78, 5) is 0. The van der Waals surface area contributed by atoms with Crippen molar-refractivity contribution in [3.05, 3.63) is 35.4 Å². The van der Waals surface area contributed by atoms with E-state index in [1.165, 1.54) is 11.1 Å². The number of nitrogens with two attached hydrogens (primary N) is 1. The lowest BCUT2D eigenvalue weighted by atomic mass is 10.1. The molecule has 0 spiro atoms. The van der Waals surface area contributed by atoms with Crippen molar-refractivity contribution in [3.63, 3.8) is 0 Å². The van der Waals surface area contributed by atoms with Gasteiger partial charge in [0.1, 0.15) is 0 Å². The third kappa shape index (κ3) is 4.69. The van der Waals surface area contributed by atoms with Crippen LogP contribution in [0, 0.1) is 6.92 Å². The van der Waals surface area contributed by atoms with Crippen LogP contribution in [0.3, 0.4) is 0 Å². The Kier molecular flexibility index (Phi) is 5.76. The Balaban J connectivity index is 2.29. The second-order valence-corrected chi connectivity index (χ2v) is 4.69. The smallest absolute Gasteiger partial charge is 0.0621 e. The molecule has 3 heteroatoms. The van der Waals surface area contributed by atoms with Crippen LogP contribution in [0.2, 0.25) is 0 Å². The van der Waals surface area contributed by atoms with Gasteiger partial charge in [0.2, 0.25) is 0 Å². The Morgan fingerprint density at radius 3 is 2.80 bits per heavy atom. The first kappa shape index (κ1) is 12.6. The zero-order valence-electron chi connectivity index (χ0n) is 9.40. The van der Waals surface area contributed by atoms with Crippen molar-refractivity contribution in [2.24, 2.45) is 5.73 Å². The molecule has 15 heavy (non-hydrogen) atoms. The van der Waals surface area contributed by atoms with E-state index in [9.17, 15) is 0 Å². The molecule has 0 amide bonds. The number of hydrogen-bond donors (Lipinski definition) is 1. The molecule has 0 aromatic heterocycles. The van der Waals surface area contributed by atoms with E-state index in [1.807, 2.05) is 11.8 Å². The molecule has 0 saturated heterocycles. The molecule has 0 radical (unpaired) electrons. The van der Waals surface area contributed by atoms with Crippen molar-refractivity contribution in [1.29, 1.82) is 0 Å². The monoisotopic (exact) mass is 225 g/mol. The van der Waals surface area contributed by atoms with Crippen molar-refractivity contribution in [3.8, 4) is 0 Å². The van der Waals surface area contributed by atoms with Gasteiger partial charge in [0, 0.05) is 24.7 Å². The van der Waals surface area contributed by atoms with E-state index in [1.54, 1.807) is 7.11 Å². The van der Waals surface area contributed by atoms with Gasteiger partial charge in [0.05, 0.1) is 6.61 Å². The van der Waals surface area contributed by atoms with E-state index >= 15 is 0 Å². The van der Waals surface area contributed by atoms with Gasteiger partial charge in [-0.25, -0.2) is 0 Å². The molecular formula is C12H19NOS. The first-order valence-corrected chi connectivity index (χ1v) is 6.26. The lowest BCUT2D eigenvalue weighted by molar-refractivity contribution is 0.186. The summed E-state index contributed by atoms with van der Waals surface area (Å²) >= 11 is 1.86. The highest BCUT2D eigenvalue weighted by Gasteiger charge is 2.02. The summed E-state index contributed by atoms with van der Waals surface area (Å²) in [7, 11) is 1.69. The van der Waals surface area contributed by atoms with Crippen LogP contribution in [-0.2, 0) is 10.5 Å². The highest BCUT2D eigenvalue weighted by molar-refractivity contribution is 7.98. The largest absolute Gasteiger partial charge is 0.383 e. The third-order valence-electron chi connectivity index (χ3n) is 2.23. The summed E-state index contributed by atoms with van der Waals surface area (Å²) in [5.74, 6) is 1.98. The molecule has 2 N–H and O–H groups in total. The summed E-state index contributed by atoms with van der Waals surface area (Å²) in [5, 5.41) is 0. The molecule has 0 aliphatic carbocycles. The molecule has 2 nitrogen and oxygen atoms in total. The molecule has 0 aliphatic rings. The van der Waals surface area contributed by atoms with Crippen LogP contribution in [0.25, 0.3) is 0 Å². The van der Waals surface area contributed by atoms with Crippen LogP contribution in [0.5, 0.6) is 0 Å². The Bertz CT molecular complexity index is 291. The number of aryl methyl sites for hydroxylation is 1. The van der Waals surface area contributed by atoms with Crippen LogP contribution in [0.15, 0.2) is 24.3 Å². The van der Waals surface area contributed by atoms with E-state index in [4.69, 9.17) is 10.5 Å². The van der Waals surface area contributed by atoms with E-state index in [0.717, 1.165) is 11.5 Å². The Morgan fingerprint density at radius 1 is 1.40 bits per heavy atom. The zero-order valence-corrected chi connectivity index (χ0v) is 10.2. The summed E-state index contributed by atoms with van der Waals surface area (Å²) in [5.41, 5.74) is 8.59. The molecule has 1 aromatic carbocycles. The molecule has 1 atom stereocenters. The van der Waals surface area contributed by atoms with Gasteiger partial charge in [-0.15, -0.1) is 0 Å². The SMILES string of the molecule is COCC(N)CSCc1ccccc1C. The molecule has 1 unspecified atom stereocenters. The molecule has 0 bridgehead atoms. The molecule has 1 aromatic rings. The summed E-state index contributed by atoms with van der Waals surface area (Å²) in [6, 6.07) is 8.61. The second-order valence-electron chi connectivity index (χ2n) is 3.66. The maximum atomic E-state index is 5.84. The summed E-state index contributed by atoms with van der Waals surface area (Å²) < 4.78 is 4.99. The van der Waals surface area contributed by atoms with Crippen LogP contribution < -0.4 is 5.73 Å². The predicted octanol–water partition coefficient (Wildman–Crippen LogP) is 2.20. The first-order chi connectivity index (χ1) is 7.24. The number of methoxy groups -OCH3 is 1. The fraction of sp³-hybridized carbons (Fsp3) is 0.500. The Morgan fingerprint density at radius 2 is 2.13 bits per heavy atom. The van der Waals surface area contributed by atoms with Crippen molar-refractivity contribution >= 4 is 11.8 Å². The number of hydrogen-bond acceptors (Lipinski definition) is 3. The molecular weight excluding hydrogens is 206 g/mol. The number of thioether (sulfide) groups is 1. The van der Waals surface area contributed by atoms with Gasteiger partial charge in [0.15, 0.2) is 0 Å². The fourth-order valence-corrected chi connectivity index (χ4v) is 2.42. The maximum absolute atomic E-state index is 5.84. The molecule has 0 aliphatic heterocycles. The minimum Gasteiger partial charge on any atom is -0.383 e. The number of benzene rings is 1. The first-order valence-electron chi connectivity index (χ1n) is 5.11. The van der Waals surface area contributed by atoms with Crippen molar-refractivity contribution in [2.45, 2.75) is 18.7 Å². The topological polar surface area (TPSA) is 35.2 Å². The normalized spacial score (nSPS) is 12.7. The minimum atomic E-state index is 0.143. The van der Waals surface area contributed by atoms with E-state index in [2.05, 4.69) is 31.2 Å². The maximum Gasteiger partial charge on any atom is 0.0621 e. The highest BCUT2D eigenvalue weighted by Crippen LogP contribution is 2.16. The van der Waals surface area contributed by atoms with Crippen LogP contribution in [-0.4, -0.2) is 25.5 Å². The van der Waals surface area contributed by atoms with E-state index < -0.39 is 0 Å². The molecule has 84 valence electrons. The molecule has 0 saturated carbocycles. The number of ether oxygens (including phenoxy) is 1. The highest BCUT2D eigenvalue weighted by atomic mass is 32.2. The number of rotatable bonds is 6. The third-order valence-corrected chi connectivity index (χ3v) is 3.41. The van der Waals surface area contributed by atoms with Crippen LogP contribution >= 0.6 is 11.8 Å². The van der Waals surface area contributed by atoms with Crippen molar-refractivity contribution < 1.29 is 4.74 Å². The van der Waals surface area contributed by atoms with Crippen LogP contribution in [0.1, 0.15) is 11.1 Å². The molecule has 0 heterocycles. The van der Waals surface area contributed by atoms with Gasteiger partial charge in [-0.1, -0.05) is 24.3 Å². The van der Waals surface area contributed by atoms with Crippen molar-refractivity contribution in [1.82, 2.24) is 0 Å². The average Bonchev–Trinajstić information content (AvgIpc) is 2.21. The van der Waals surface area contributed by atoms with Gasteiger partial charge in [-0.2, -0.15) is 11.8 Å². The average molecular weight is 225 g/mol. The fourth-order valence-electron chi connectivity index (χ4n) is 1.35. The van der Waals surface area contributed by atoms with Gasteiger partial charge in [-0.05, 0) is 18.1 Å². The predicted molar refractivity (Wildman–Crippen MR) is 67.2 cm³/mol. The van der Waals surface area contributed by atoms with Crippen LogP contribution in [0.4, 0.5) is 0 Å². The quantitative estimate of drug-likeness (QED) is 0.806. The standard InChI is InChI=1S/C12H19NOS/c1-10-5-3-4-6-11(10)8-15-9-12(13)7-14-2/h3-6,12H,7-9,13H2,1-2H3. The minimum absolute atomic E-state index is 0.143. The zero-order chi connectivity index (χ0) is 11.1. The van der Waals surface area contributed by atoms with E-state index in [0.29, 0.717) is 6.61 Å². The Labute approximate surface area is 96.2 Å². The molecule has 1 rings (SSSR count).